The SMILES string of the molecule is O=C1CCC(O)=C1Cc1ccccc1Br. The van der Waals surface area contributed by atoms with Crippen LogP contribution in [0.2, 0.25) is 0 Å². The molecule has 0 aromatic heterocycles. The van der Waals surface area contributed by atoms with Crippen LogP contribution in [0.15, 0.2) is 40.1 Å². The summed E-state index contributed by atoms with van der Waals surface area (Å²) < 4.78 is 0.977. The molecule has 15 heavy (non-hydrogen) atoms. The number of allylic oxidation sites excluding steroid dienone is 2. The van der Waals surface area contributed by atoms with E-state index in [0.29, 0.717) is 24.8 Å². The number of ketones is 1. The molecule has 1 N–H and O–H groups in total. The molecule has 1 aromatic rings. The van der Waals surface area contributed by atoms with Crippen molar-refractivity contribution in [3.8, 4) is 0 Å². The van der Waals surface area contributed by atoms with Gasteiger partial charge in [0.15, 0.2) is 5.78 Å². The van der Waals surface area contributed by atoms with Gasteiger partial charge < -0.3 is 5.11 Å². The molecule has 2 rings (SSSR count). The zero-order valence-electron chi connectivity index (χ0n) is 8.16. The van der Waals surface area contributed by atoms with Crippen LogP contribution in [0.5, 0.6) is 0 Å². The van der Waals surface area contributed by atoms with Gasteiger partial charge in [0.2, 0.25) is 0 Å². The third kappa shape index (κ3) is 2.12. The smallest absolute Gasteiger partial charge is 0.162 e. The average Bonchev–Trinajstić information content (AvgIpc) is 2.53. The molecule has 78 valence electrons. The lowest BCUT2D eigenvalue weighted by molar-refractivity contribution is -0.115. The second-order valence-electron chi connectivity index (χ2n) is 3.62. The number of benzene rings is 1. The maximum absolute atomic E-state index is 11.5. The van der Waals surface area contributed by atoms with Crippen LogP contribution in [0.1, 0.15) is 18.4 Å². The molecule has 0 fully saturated rings. The Morgan fingerprint density at radius 2 is 2.00 bits per heavy atom. The van der Waals surface area contributed by atoms with Crippen molar-refractivity contribution < 1.29 is 9.90 Å². The Kier molecular flexibility index (Phi) is 2.91. The van der Waals surface area contributed by atoms with Gasteiger partial charge >= 0.3 is 0 Å². The van der Waals surface area contributed by atoms with Crippen molar-refractivity contribution in [1.29, 1.82) is 0 Å². The minimum Gasteiger partial charge on any atom is -0.512 e. The molecule has 0 radical (unpaired) electrons. The molecule has 0 saturated heterocycles. The first kappa shape index (κ1) is 10.4. The normalized spacial score (nSPS) is 16.2. The van der Waals surface area contributed by atoms with Gasteiger partial charge in [-0.2, -0.15) is 0 Å². The fourth-order valence-electron chi connectivity index (χ4n) is 1.73. The molecule has 0 unspecified atom stereocenters. The van der Waals surface area contributed by atoms with Gasteiger partial charge in [0, 0.05) is 29.3 Å². The molecule has 0 amide bonds. The van der Waals surface area contributed by atoms with E-state index in [1.165, 1.54) is 0 Å². The third-order valence-electron chi connectivity index (χ3n) is 2.60. The molecule has 1 aliphatic carbocycles. The largest absolute Gasteiger partial charge is 0.512 e. The summed E-state index contributed by atoms with van der Waals surface area (Å²) in [6.45, 7) is 0. The lowest BCUT2D eigenvalue weighted by Gasteiger charge is -2.04. The Labute approximate surface area is 96.7 Å². The van der Waals surface area contributed by atoms with E-state index >= 15 is 0 Å². The standard InChI is InChI=1S/C12H11BrO2/c13-10-4-2-1-3-8(10)7-9-11(14)5-6-12(9)15/h1-4,14H,5-7H2. The Hall–Kier alpha value is -1.09. The highest BCUT2D eigenvalue weighted by molar-refractivity contribution is 9.10. The van der Waals surface area contributed by atoms with E-state index in [-0.39, 0.29) is 11.5 Å². The Morgan fingerprint density at radius 1 is 1.27 bits per heavy atom. The maximum atomic E-state index is 11.5. The van der Waals surface area contributed by atoms with E-state index in [1.54, 1.807) is 0 Å². The third-order valence-corrected chi connectivity index (χ3v) is 3.37. The number of Topliss-reactive ketones (excluding diaryl/α,β-unsaturated/α-hetero) is 1. The van der Waals surface area contributed by atoms with Gasteiger partial charge in [-0.25, -0.2) is 0 Å². The van der Waals surface area contributed by atoms with Crippen LogP contribution in [0, 0.1) is 0 Å². The molecular weight excluding hydrogens is 256 g/mol. The number of aliphatic hydroxyl groups is 1. The molecule has 1 aliphatic rings. The van der Waals surface area contributed by atoms with Gasteiger partial charge in [0.1, 0.15) is 0 Å². The van der Waals surface area contributed by atoms with Gasteiger partial charge in [0.25, 0.3) is 0 Å². The Bertz CT molecular complexity index is 435. The van der Waals surface area contributed by atoms with E-state index < -0.39 is 0 Å². The van der Waals surface area contributed by atoms with Crippen LogP contribution in [0.3, 0.4) is 0 Å². The number of rotatable bonds is 2. The lowest BCUT2D eigenvalue weighted by Crippen LogP contribution is -2.01. The summed E-state index contributed by atoms with van der Waals surface area (Å²) in [5.74, 6) is 0.332. The predicted octanol–water partition coefficient (Wildman–Crippen LogP) is 3.17. The molecule has 0 spiro atoms. The van der Waals surface area contributed by atoms with E-state index in [1.807, 2.05) is 24.3 Å². The van der Waals surface area contributed by atoms with Crippen molar-refractivity contribution >= 4 is 21.7 Å². The Morgan fingerprint density at radius 3 is 2.60 bits per heavy atom. The fraction of sp³-hybridized carbons (Fsp3) is 0.250. The van der Waals surface area contributed by atoms with E-state index in [9.17, 15) is 9.90 Å². The van der Waals surface area contributed by atoms with Crippen molar-refractivity contribution in [3.63, 3.8) is 0 Å². The highest BCUT2D eigenvalue weighted by Gasteiger charge is 2.22. The van der Waals surface area contributed by atoms with Crippen molar-refractivity contribution in [2.45, 2.75) is 19.3 Å². The van der Waals surface area contributed by atoms with Crippen LogP contribution in [-0.2, 0) is 11.2 Å². The van der Waals surface area contributed by atoms with Gasteiger partial charge in [-0.15, -0.1) is 0 Å². The topological polar surface area (TPSA) is 37.3 Å². The van der Waals surface area contributed by atoms with Crippen molar-refractivity contribution in [3.05, 3.63) is 45.6 Å². The molecule has 0 bridgehead atoms. The molecule has 0 aliphatic heterocycles. The minimum atomic E-state index is 0.0725. The number of aliphatic hydroxyl groups excluding tert-OH is 1. The van der Waals surface area contributed by atoms with Gasteiger partial charge in [-0.3, -0.25) is 4.79 Å². The summed E-state index contributed by atoms with van der Waals surface area (Å²) >= 11 is 3.43. The zero-order chi connectivity index (χ0) is 10.8. The summed E-state index contributed by atoms with van der Waals surface area (Å²) in [5.41, 5.74) is 1.61. The number of hydrogen-bond donors (Lipinski definition) is 1. The highest BCUT2D eigenvalue weighted by Crippen LogP contribution is 2.26. The number of carbonyl (C=O) groups excluding carboxylic acids is 1. The first-order valence-electron chi connectivity index (χ1n) is 4.86. The van der Waals surface area contributed by atoms with Crippen LogP contribution in [0.4, 0.5) is 0 Å². The summed E-state index contributed by atoms with van der Waals surface area (Å²) in [6, 6.07) is 7.75. The van der Waals surface area contributed by atoms with Gasteiger partial charge in [-0.1, -0.05) is 34.1 Å². The molecule has 3 heteroatoms. The molecule has 0 heterocycles. The van der Waals surface area contributed by atoms with Crippen LogP contribution >= 0.6 is 15.9 Å². The van der Waals surface area contributed by atoms with Crippen LogP contribution < -0.4 is 0 Å². The summed E-state index contributed by atoms with van der Waals surface area (Å²) in [4.78, 5) is 11.5. The van der Waals surface area contributed by atoms with E-state index in [2.05, 4.69) is 15.9 Å². The second-order valence-corrected chi connectivity index (χ2v) is 4.47. The summed E-state index contributed by atoms with van der Waals surface area (Å²) in [5, 5.41) is 9.56. The molecular formula is C12H11BrO2. The molecule has 1 aromatic carbocycles. The van der Waals surface area contributed by atoms with Crippen molar-refractivity contribution in [2.24, 2.45) is 0 Å². The lowest BCUT2D eigenvalue weighted by atomic mass is 10.0. The van der Waals surface area contributed by atoms with Crippen LogP contribution in [0.25, 0.3) is 0 Å². The summed E-state index contributed by atoms with van der Waals surface area (Å²) in [6.07, 6.45) is 1.47. The minimum absolute atomic E-state index is 0.0725. The van der Waals surface area contributed by atoms with E-state index in [4.69, 9.17) is 0 Å². The molecule has 0 atom stereocenters. The molecule has 2 nitrogen and oxygen atoms in total. The van der Waals surface area contributed by atoms with Gasteiger partial charge in [-0.05, 0) is 11.6 Å². The monoisotopic (exact) mass is 266 g/mol. The van der Waals surface area contributed by atoms with E-state index in [0.717, 1.165) is 10.0 Å². The van der Waals surface area contributed by atoms with Crippen molar-refractivity contribution in [1.82, 2.24) is 0 Å². The number of carbonyl (C=O) groups is 1. The molecule has 0 saturated carbocycles. The first-order chi connectivity index (χ1) is 7.18. The highest BCUT2D eigenvalue weighted by atomic mass is 79.9. The van der Waals surface area contributed by atoms with Crippen molar-refractivity contribution in [2.75, 3.05) is 0 Å². The first-order valence-corrected chi connectivity index (χ1v) is 5.65. The van der Waals surface area contributed by atoms with Crippen LogP contribution in [-0.4, -0.2) is 10.9 Å². The van der Waals surface area contributed by atoms with Gasteiger partial charge in [0.05, 0.1) is 5.76 Å². The average molecular weight is 267 g/mol. The maximum Gasteiger partial charge on any atom is 0.162 e. The summed E-state index contributed by atoms with van der Waals surface area (Å²) in [7, 11) is 0. The number of hydrogen-bond acceptors (Lipinski definition) is 2. The Balaban J connectivity index is 2.26. The predicted molar refractivity (Wildman–Crippen MR) is 61.7 cm³/mol. The zero-order valence-corrected chi connectivity index (χ0v) is 9.75. The quantitative estimate of drug-likeness (QED) is 0.893. The fourth-order valence-corrected chi connectivity index (χ4v) is 2.15. The second kappa shape index (κ2) is 4.19. The number of halogens is 1.